The summed E-state index contributed by atoms with van der Waals surface area (Å²) >= 11 is 0. The maximum atomic E-state index is 15.3. The lowest BCUT2D eigenvalue weighted by molar-refractivity contribution is -0.228. The zero-order valence-corrected chi connectivity index (χ0v) is 19.2. The fourth-order valence-electron chi connectivity index (χ4n) is 5.01. The Labute approximate surface area is 195 Å². The zero-order valence-electron chi connectivity index (χ0n) is 19.2. The first kappa shape index (κ1) is 24.9. The summed E-state index contributed by atoms with van der Waals surface area (Å²) in [5.74, 6) is -13.2. The van der Waals surface area contributed by atoms with Gasteiger partial charge in [0.1, 0.15) is 5.82 Å². The topological polar surface area (TPSA) is 18.5 Å². The van der Waals surface area contributed by atoms with Crippen molar-refractivity contribution in [3.63, 3.8) is 0 Å². The van der Waals surface area contributed by atoms with E-state index in [0.29, 0.717) is 13.0 Å². The highest BCUT2D eigenvalue weighted by atomic mass is 19.3. The van der Waals surface area contributed by atoms with Crippen LogP contribution in [0.5, 0.6) is 5.75 Å². The molecule has 1 aliphatic heterocycles. The minimum Gasteiger partial charge on any atom is -0.491 e. The van der Waals surface area contributed by atoms with Gasteiger partial charge in [0.25, 0.3) is 0 Å². The van der Waals surface area contributed by atoms with E-state index in [2.05, 4.69) is 6.92 Å². The molecule has 0 amide bonds. The van der Waals surface area contributed by atoms with E-state index in [9.17, 15) is 13.2 Å². The van der Waals surface area contributed by atoms with Crippen LogP contribution in [0.25, 0.3) is 11.1 Å². The largest absolute Gasteiger partial charge is 0.491 e. The van der Waals surface area contributed by atoms with Crippen LogP contribution in [0.1, 0.15) is 62.6 Å². The van der Waals surface area contributed by atoms with Crippen LogP contribution >= 0.6 is 0 Å². The van der Waals surface area contributed by atoms with Crippen LogP contribution in [0.2, 0.25) is 0 Å². The molecule has 8 heteroatoms. The lowest BCUT2D eigenvalue weighted by Gasteiger charge is -2.36. The molecule has 2 nitrogen and oxygen atoms in total. The molecule has 4 rings (SSSR count). The van der Waals surface area contributed by atoms with Crippen LogP contribution in [-0.4, -0.2) is 19.3 Å². The number of hydrogen-bond acceptors (Lipinski definition) is 2. The Balaban J connectivity index is 1.66. The first-order valence-electron chi connectivity index (χ1n) is 11.8. The van der Waals surface area contributed by atoms with Crippen LogP contribution in [-0.2, 0) is 23.0 Å². The summed E-state index contributed by atoms with van der Waals surface area (Å²) in [6.45, 7) is 4.08. The highest BCUT2D eigenvalue weighted by Gasteiger charge is 2.65. The van der Waals surface area contributed by atoms with Gasteiger partial charge >= 0.3 is 11.8 Å². The molecule has 186 valence electrons. The van der Waals surface area contributed by atoms with Crippen LogP contribution < -0.4 is 4.74 Å². The zero-order chi connectivity index (χ0) is 24.7. The van der Waals surface area contributed by atoms with Gasteiger partial charge in [-0.1, -0.05) is 25.5 Å². The molecular weight excluding hydrogens is 458 g/mol. The van der Waals surface area contributed by atoms with Crippen LogP contribution in [0.15, 0.2) is 24.3 Å². The molecule has 0 N–H and O–H groups in total. The van der Waals surface area contributed by atoms with Gasteiger partial charge in [0.15, 0.2) is 11.6 Å². The van der Waals surface area contributed by atoms with Gasteiger partial charge in [0.05, 0.1) is 23.8 Å². The number of fused-ring (bicyclic) bond motifs is 3. The molecular formula is C26H28F6O2. The van der Waals surface area contributed by atoms with Gasteiger partial charge in [-0.05, 0) is 73.8 Å². The van der Waals surface area contributed by atoms with Crippen molar-refractivity contribution in [3.8, 4) is 16.9 Å². The quantitative estimate of drug-likeness (QED) is 0.373. The van der Waals surface area contributed by atoms with Crippen molar-refractivity contribution in [2.75, 3.05) is 13.2 Å². The SMILES string of the molecule is CCCC1CCC(CCc2ccc3c(c2F)C(F)(F)C(F)(F)c2c-3ccc(OCC)c2F)CO1. The van der Waals surface area contributed by atoms with Crippen LogP contribution in [0.3, 0.4) is 0 Å². The van der Waals surface area contributed by atoms with Crippen molar-refractivity contribution in [2.24, 2.45) is 5.92 Å². The molecule has 2 aliphatic rings. The van der Waals surface area contributed by atoms with Gasteiger partial charge in [-0.2, -0.15) is 17.6 Å². The third-order valence-electron chi connectivity index (χ3n) is 6.84. The standard InChI is InChI=1S/C26H28F6O2/c1-3-5-17-10-7-15(14-34-17)6-8-16-9-11-18-19-12-13-20(33-4-2)24(28)22(19)26(31,32)25(29,30)21(18)23(16)27/h9,11-13,15,17H,3-8,10,14H2,1-2H3. The Bertz CT molecular complexity index is 1040. The number of aryl methyl sites for hydroxylation is 1. The van der Waals surface area contributed by atoms with Crippen molar-refractivity contribution in [1.29, 1.82) is 0 Å². The highest BCUT2D eigenvalue weighted by molar-refractivity contribution is 5.77. The molecule has 0 aromatic heterocycles. The Morgan fingerprint density at radius 3 is 2.12 bits per heavy atom. The van der Waals surface area contributed by atoms with Gasteiger partial charge in [0.2, 0.25) is 0 Å². The van der Waals surface area contributed by atoms with Crippen molar-refractivity contribution < 1.29 is 35.8 Å². The molecule has 34 heavy (non-hydrogen) atoms. The number of rotatable bonds is 7. The molecule has 2 aromatic rings. The summed E-state index contributed by atoms with van der Waals surface area (Å²) in [6, 6.07) is 4.69. The molecule has 1 saturated heterocycles. The van der Waals surface area contributed by atoms with Crippen LogP contribution in [0.4, 0.5) is 26.3 Å². The third-order valence-corrected chi connectivity index (χ3v) is 6.84. The van der Waals surface area contributed by atoms with E-state index in [1.807, 2.05) is 0 Å². The minimum absolute atomic E-state index is 0.0302. The Kier molecular flexibility index (Phi) is 6.91. The van der Waals surface area contributed by atoms with Crippen molar-refractivity contribution in [2.45, 2.75) is 70.3 Å². The monoisotopic (exact) mass is 486 g/mol. The highest BCUT2D eigenvalue weighted by Crippen LogP contribution is 2.60. The van der Waals surface area contributed by atoms with Gasteiger partial charge in [-0.25, -0.2) is 8.78 Å². The molecule has 2 aromatic carbocycles. The molecule has 0 saturated carbocycles. The van der Waals surface area contributed by atoms with E-state index < -0.39 is 51.5 Å². The molecule has 0 bridgehead atoms. The molecule has 2 unspecified atom stereocenters. The Morgan fingerprint density at radius 1 is 0.882 bits per heavy atom. The van der Waals surface area contributed by atoms with E-state index >= 15 is 13.2 Å². The van der Waals surface area contributed by atoms with Gasteiger partial charge in [-0.15, -0.1) is 0 Å². The molecule has 2 atom stereocenters. The summed E-state index contributed by atoms with van der Waals surface area (Å²) in [4.78, 5) is 0. The maximum absolute atomic E-state index is 15.3. The summed E-state index contributed by atoms with van der Waals surface area (Å²) in [5, 5.41) is 0. The predicted molar refractivity (Wildman–Crippen MR) is 116 cm³/mol. The number of ether oxygens (including phenoxy) is 2. The molecule has 1 heterocycles. The van der Waals surface area contributed by atoms with Crippen molar-refractivity contribution in [3.05, 3.63) is 52.6 Å². The van der Waals surface area contributed by atoms with E-state index in [-0.39, 0.29) is 30.6 Å². The lowest BCUT2D eigenvalue weighted by Crippen LogP contribution is -2.41. The average molecular weight is 486 g/mol. The predicted octanol–water partition coefficient (Wildman–Crippen LogP) is 7.76. The first-order valence-corrected chi connectivity index (χ1v) is 11.8. The number of benzene rings is 2. The Morgan fingerprint density at radius 2 is 1.53 bits per heavy atom. The van der Waals surface area contributed by atoms with Crippen molar-refractivity contribution in [1.82, 2.24) is 0 Å². The second-order valence-corrected chi connectivity index (χ2v) is 9.07. The smallest absolute Gasteiger partial charge is 0.343 e. The molecule has 0 radical (unpaired) electrons. The molecule has 1 aliphatic carbocycles. The first-order chi connectivity index (χ1) is 16.1. The van der Waals surface area contributed by atoms with Crippen molar-refractivity contribution >= 4 is 0 Å². The fourth-order valence-corrected chi connectivity index (χ4v) is 5.01. The second kappa shape index (κ2) is 9.44. The fraction of sp³-hybridized carbons (Fsp3) is 0.538. The van der Waals surface area contributed by atoms with Gasteiger partial charge in [-0.3, -0.25) is 0 Å². The lowest BCUT2D eigenvalue weighted by atomic mass is 9.78. The average Bonchev–Trinajstić information content (AvgIpc) is 2.79. The van der Waals surface area contributed by atoms with E-state index in [1.165, 1.54) is 19.1 Å². The summed E-state index contributed by atoms with van der Waals surface area (Å²) in [6.07, 6.45) is 4.61. The summed E-state index contributed by atoms with van der Waals surface area (Å²) in [7, 11) is 0. The normalized spacial score (nSPS) is 22.7. The van der Waals surface area contributed by atoms with Gasteiger partial charge < -0.3 is 9.47 Å². The minimum atomic E-state index is -4.95. The van der Waals surface area contributed by atoms with Gasteiger partial charge in [0, 0.05) is 6.61 Å². The number of hydrogen-bond donors (Lipinski definition) is 0. The number of halogens is 6. The Hall–Kier alpha value is -2.22. The summed E-state index contributed by atoms with van der Waals surface area (Å²) < 4.78 is 101. The number of alkyl halides is 4. The van der Waals surface area contributed by atoms with E-state index in [0.717, 1.165) is 37.8 Å². The second-order valence-electron chi connectivity index (χ2n) is 9.07. The molecule has 1 fully saturated rings. The third kappa shape index (κ3) is 4.08. The summed E-state index contributed by atoms with van der Waals surface area (Å²) in [5.41, 5.74) is -3.80. The van der Waals surface area contributed by atoms with E-state index in [4.69, 9.17) is 9.47 Å². The van der Waals surface area contributed by atoms with Crippen LogP contribution in [0, 0.1) is 17.6 Å². The maximum Gasteiger partial charge on any atom is 0.343 e. The molecule has 0 spiro atoms. The van der Waals surface area contributed by atoms with E-state index in [1.54, 1.807) is 0 Å².